The Labute approximate surface area is 97.6 Å². The first-order valence-electron chi connectivity index (χ1n) is 6.24. The molecule has 94 valence electrons. The zero-order valence-corrected chi connectivity index (χ0v) is 10.3. The number of aliphatic hydroxyl groups is 1. The molecule has 1 amide bonds. The normalized spacial score (nSPS) is 22.8. The molecule has 0 aromatic carbocycles. The lowest BCUT2D eigenvalue weighted by atomic mass is 9.98. The smallest absolute Gasteiger partial charge is 0.237 e. The van der Waals surface area contributed by atoms with Crippen molar-refractivity contribution in [2.24, 2.45) is 11.7 Å². The Balaban J connectivity index is 2.34. The van der Waals surface area contributed by atoms with Crippen LogP contribution in [0.5, 0.6) is 0 Å². The molecule has 0 aromatic heterocycles. The molecule has 0 spiro atoms. The third-order valence-electron chi connectivity index (χ3n) is 3.69. The van der Waals surface area contributed by atoms with Crippen molar-refractivity contribution in [3.05, 3.63) is 0 Å². The first-order chi connectivity index (χ1) is 7.48. The molecule has 0 aliphatic heterocycles. The topological polar surface area (TPSA) is 75.4 Å². The average molecular weight is 228 g/mol. The van der Waals surface area contributed by atoms with E-state index in [4.69, 9.17) is 5.73 Å². The largest absolute Gasteiger partial charge is 0.388 e. The molecule has 1 aliphatic rings. The first kappa shape index (κ1) is 13.5. The number of amides is 1. The minimum atomic E-state index is -0.690. The Hall–Kier alpha value is -0.610. The van der Waals surface area contributed by atoms with Crippen LogP contribution in [0.3, 0.4) is 0 Å². The third-order valence-corrected chi connectivity index (χ3v) is 3.69. The molecule has 0 unspecified atom stereocenters. The van der Waals surface area contributed by atoms with Crippen molar-refractivity contribution >= 4 is 5.91 Å². The molecule has 1 aliphatic carbocycles. The predicted octanol–water partition coefficient (Wildman–Crippen LogP) is 0.781. The predicted molar refractivity (Wildman–Crippen MR) is 63.9 cm³/mol. The van der Waals surface area contributed by atoms with Crippen LogP contribution in [0.1, 0.15) is 46.0 Å². The van der Waals surface area contributed by atoms with Crippen LogP contribution in [0.2, 0.25) is 0 Å². The lowest BCUT2D eigenvalue weighted by Gasteiger charge is -2.24. The molecule has 4 heteroatoms. The molecule has 4 nitrogen and oxygen atoms in total. The van der Waals surface area contributed by atoms with Gasteiger partial charge in [0, 0.05) is 6.54 Å². The van der Waals surface area contributed by atoms with Gasteiger partial charge < -0.3 is 16.2 Å². The van der Waals surface area contributed by atoms with E-state index in [0.29, 0.717) is 6.54 Å². The van der Waals surface area contributed by atoms with Crippen LogP contribution < -0.4 is 11.1 Å². The first-order valence-corrected chi connectivity index (χ1v) is 6.24. The van der Waals surface area contributed by atoms with E-state index in [0.717, 1.165) is 32.1 Å². The maximum absolute atomic E-state index is 11.7. The molecule has 0 radical (unpaired) electrons. The van der Waals surface area contributed by atoms with E-state index >= 15 is 0 Å². The van der Waals surface area contributed by atoms with Crippen molar-refractivity contribution in [2.75, 3.05) is 6.54 Å². The average Bonchev–Trinajstić information content (AvgIpc) is 2.71. The van der Waals surface area contributed by atoms with Gasteiger partial charge in [0.1, 0.15) is 0 Å². The Kier molecular flexibility index (Phi) is 4.74. The zero-order valence-electron chi connectivity index (χ0n) is 10.3. The van der Waals surface area contributed by atoms with Gasteiger partial charge in [-0.05, 0) is 18.8 Å². The molecule has 0 aromatic rings. The van der Waals surface area contributed by atoms with E-state index in [9.17, 15) is 9.90 Å². The van der Waals surface area contributed by atoms with Gasteiger partial charge in [0.15, 0.2) is 0 Å². The Morgan fingerprint density at radius 1 is 1.50 bits per heavy atom. The van der Waals surface area contributed by atoms with Crippen LogP contribution in [0.4, 0.5) is 0 Å². The van der Waals surface area contributed by atoms with E-state index < -0.39 is 11.6 Å². The van der Waals surface area contributed by atoms with E-state index in [-0.39, 0.29) is 11.8 Å². The van der Waals surface area contributed by atoms with Gasteiger partial charge >= 0.3 is 0 Å². The van der Waals surface area contributed by atoms with Gasteiger partial charge in [0.2, 0.25) is 5.91 Å². The maximum Gasteiger partial charge on any atom is 0.237 e. The van der Waals surface area contributed by atoms with Gasteiger partial charge in [-0.25, -0.2) is 0 Å². The second kappa shape index (κ2) is 5.64. The number of carbonyl (C=O) groups excluding carboxylic acids is 1. The molecule has 1 saturated carbocycles. The summed E-state index contributed by atoms with van der Waals surface area (Å²) in [5.41, 5.74) is 5.12. The summed E-state index contributed by atoms with van der Waals surface area (Å²) in [6.07, 6.45) is 4.55. The number of hydrogen-bond donors (Lipinski definition) is 3. The maximum atomic E-state index is 11.7. The number of carbonyl (C=O) groups is 1. The van der Waals surface area contributed by atoms with Crippen LogP contribution >= 0.6 is 0 Å². The molecule has 16 heavy (non-hydrogen) atoms. The molecule has 0 heterocycles. The second-order valence-corrected chi connectivity index (χ2v) is 5.06. The number of nitrogens with one attached hydrogen (secondary N) is 1. The Morgan fingerprint density at radius 2 is 2.06 bits per heavy atom. The highest BCUT2D eigenvalue weighted by Gasteiger charge is 2.32. The second-order valence-electron chi connectivity index (χ2n) is 5.06. The van der Waals surface area contributed by atoms with Crippen molar-refractivity contribution in [3.63, 3.8) is 0 Å². The summed E-state index contributed by atoms with van der Waals surface area (Å²) >= 11 is 0. The van der Waals surface area contributed by atoms with Gasteiger partial charge in [0.25, 0.3) is 0 Å². The highest BCUT2D eigenvalue weighted by Crippen LogP contribution is 2.28. The highest BCUT2D eigenvalue weighted by atomic mass is 16.3. The van der Waals surface area contributed by atoms with Crippen LogP contribution in [-0.2, 0) is 4.79 Å². The summed E-state index contributed by atoms with van der Waals surface area (Å²) in [7, 11) is 0. The number of hydrogen-bond acceptors (Lipinski definition) is 3. The van der Waals surface area contributed by atoms with Crippen LogP contribution in [0, 0.1) is 5.92 Å². The highest BCUT2D eigenvalue weighted by molar-refractivity contribution is 5.81. The van der Waals surface area contributed by atoms with Gasteiger partial charge in [-0.3, -0.25) is 4.79 Å². The third kappa shape index (κ3) is 3.46. The van der Waals surface area contributed by atoms with Crippen molar-refractivity contribution in [1.29, 1.82) is 0 Å². The summed E-state index contributed by atoms with van der Waals surface area (Å²) < 4.78 is 0. The molecule has 0 saturated heterocycles. The molecule has 2 atom stereocenters. The van der Waals surface area contributed by atoms with Crippen LogP contribution in [0.25, 0.3) is 0 Å². The fourth-order valence-corrected chi connectivity index (χ4v) is 2.09. The van der Waals surface area contributed by atoms with E-state index in [1.165, 1.54) is 0 Å². The summed E-state index contributed by atoms with van der Waals surface area (Å²) in [6.45, 7) is 4.33. The van der Waals surface area contributed by atoms with Gasteiger partial charge in [-0.1, -0.05) is 33.1 Å². The summed E-state index contributed by atoms with van der Waals surface area (Å²) in [5.74, 6) is 0.0351. The molecule has 1 rings (SSSR count). The lowest BCUT2D eigenvalue weighted by Crippen LogP contribution is -2.49. The fraction of sp³-hybridized carbons (Fsp3) is 0.917. The number of rotatable bonds is 5. The van der Waals surface area contributed by atoms with Crippen molar-refractivity contribution in [2.45, 2.75) is 57.6 Å². The summed E-state index contributed by atoms with van der Waals surface area (Å²) in [4.78, 5) is 11.7. The molecule has 4 N–H and O–H groups in total. The SMILES string of the molecule is CC[C@H](C)[C@H](N)C(=O)NCC1(O)CCCC1. The van der Waals surface area contributed by atoms with E-state index in [1.54, 1.807) is 0 Å². The standard InChI is InChI=1S/C12H24N2O2/c1-3-9(2)10(13)11(15)14-8-12(16)6-4-5-7-12/h9-10,16H,3-8,13H2,1-2H3,(H,14,15)/t9-,10-/m0/s1. The number of nitrogens with two attached hydrogens (primary N) is 1. The quantitative estimate of drug-likeness (QED) is 0.651. The Morgan fingerprint density at radius 3 is 2.56 bits per heavy atom. The molecular weight excluding hydrogens is 204 g/mol. The Bertz CT molecular complexity index is 237. The van der Waals surface area contributed by atoms with Crippen molar-refractivity contribution in [3.8, 4) is 0 Å². The molecular formula is C12H24N2O2. The summed E-state index contributed by atoms with van der Waals surface area (Å²) in [6, 6.07) is -0.463. The van der Waals surface area contributed by atoms with Crippen molar-refractivity contribution < 1.29 is 9.90 Å². The van der Waals surface area contributed by atoms with Gasteiger partial charge in [0.05, 0.1) is 11.6 Å². The summed E-state index contributed by atoms with van der Waals surface area (Å²) in [5, 5.41) is 12.8. The fourth-order valence-electron chi connectivity index (χ4n) is 2.09. The minimum Gasteiger partial charge on any atom is -0.388 e. The van der Waals surface area contributed by atoms with Crippen molar-refractivity contribution in [1.82, 2.24) is 5.32 Å². The van der Waals surface area contributed by atoms with Crippen LogP contribution in [0.15, 0.2) is 0 Å². The lowest BCUT2D eigenvalue weighted by molar-refractivity contribution is -0.124. The van der Waals surface area contributed by atoms with E-state index in [1.807, 2.05) is 13.8 Å². The zero-order chi connectivity index (χ0) is 12.2. The van der Waals surface area contributed by atoms with Gasteiger partial charge in [-0.15, -0.1) is 0 Å². The van der Waals surface area contributed by atoms with Crippen LogP contribution in [-0.4, -0.2) is 29.2 Å². The van der Waals surface area contributed by atoms with Gasteiger partial charge in [-0.2, -0.15) is 0 Å². The van der Waals surface area contributed by atoms with E-state index in [2.05, 4.69) is 5.32 Å². The minimum absolute atomic E-state index is 0.144. The molecule has 0 bridgehead atoms. The molecule has 1 fully saturated rings. The monoisotopic (exact) mass is 228 g/mol.